The maximum atomic E-state index is 3.44. The van der Waals surface area contributed by atoms with Gasteiger partial charge in [-0.3, -0.25) is 0 Å². The summed E-state index contributed by atoms with van der Waals surface area (Å²) in [5.74, 6) is 0. The second-order valence-electron chi connectivity index (χ2n) is 4.58. The molecule has 84 valence electrons. The summed E-state index contributed by atoms with van der Waals surface area (Å²) in [6, 6.07) is 1.53. The van der Waals surface area contributed by atoms with E-state index in [1.165, 1.54) is 45.1 Å². The first kappa shape index (κ1) is 12.0. The maximum absolute atomic E-state index is 3.44. The largest absolute Gasteiger partial charge is 0.315 e. The third-order valence-electron chi connectivity index (χ3n) is 3.53. The Morgan fingerprint density at radius 1 is 1.29 bits per heavy atom. The van der Waals surface area contributed by atoms with Gasteiger partial charge in [-0.05, 0) is 39.9 Å². The van der Waals surface area contributed by atoms with E-state index in [1.54, 1.807) is 0 Å². The highest BCUT2D eigenvalue weighted by atomic mass is 15.2. The number of unbranched alkanes of at least 4 members (excludes halogenated alkanes) is 2. The van der Waals surface area contributed by atoms with Gasteiger partial charge in [-0.1, -0.05) is 26.2 Å². The molecule has 1 aliphatic rings. The maximum Gasteiger partial charge on any atom is 0.0246 e. The molecule has 1 fully saturated rings. The summed E-state index contributed by atoms with van der Waals surface area (Å²) in [7, 11) is 4.39. The van der Waals surface area contributed by atoms with E-state index in [1.807, 2.05) is 0 Å². The van der Waals surface area contributed by atoms with Crippen LogP contribution in [0.1, 0.15) is 45.4 Å². The van der Waals surface area contributed by atoms with Crippen molar-refractivity contribution in [3.63, 3.8) is 0 Å². The zero-order chi connectivity index (χ0) is 10.4. The monoisotopic (exact) mass is 198 g/mol. The molecule has 0 aliphatic heterocycles. The lowest BCUT2D eigenvalue weighted by atomic mass is 10.1. The molecule has 0 aromatic rings. The number of hydrogen-bond acceptors (Lipinski definition) is 2. The summed E-state index contributed by atoms with van der Waals surface area (Å²) < 4.78 is 0. The van der Waals surface area contributed by atoms with Gasteiger partial charge in [0.1, 0.15) is 0 Å². The highest BCUT2D eigenvalue weighted by Gasteiger charge is 2.28. The number of nitrogens with zero attached hydrogens (tertiary/aromatic N) is 1. The van der Waals surface area contributed by atoms with Crippen LogP contribution in [-0.2, 0) is 0 Å². The lowest BCUT2D eigenvalue weighted by Crippen LogP contribution is -2.44. The number of rotatable bonds is 6. The van der Waals surface area contributed by atoms with E-state index < -0.39 is 0 Å². The summed E-state index contributed by atoms with van der Waals surface area (Å²) in [5.41, 5.74) is 0. The molecule has 0 aromatic heterocycles. The Hall–Kier alpha value is -0.0800. The molecule has 2 atom stereocenters. The molecule has 1 saturated carbocycles. The van der Waals surface area contributed by atoms with Crippen molar-refractivity contribution in [3.05, 3.63) is 0 Å². The number of hydrogen-bond donors (Lipinski definition) is 1. The Morgan fingerprint density at radius 3 is 2.71 bits per heavy atom. The van der Waals surface area contributed by atoms with Gasteiger partial charge in [0.15, 0.2) is 0 Å². The zero-order valence-corrected chi connectivity index (χ0v) is 10.1. The summed E-state index contributed by atoms with van der Waals surface area (Å²) in [6.07, 6.45) is 8.21. The first-order valence-corrected chi connectivity index (χ1v) is 6.17. The van der Waals surface area contributed by atoms with Crippen molar-refractivity contribution in [1.29, 1.82) is 0 Å². The van der Waals surface area contributed by atoms with E-state index in [2.05, 4.69) is 31.2 Å². The van der Waals surface area contributed by atoms with Gasteiger partial charge in [-0.2, -0.15) is 0 Å². The molecule has 0 heterocycles. The molecule has 1 rings (SSSR count). The van der Waals surface area contributed by atoms with Crippen molar-refractivity contribution in [2.24, 2.45) is 0 Å². The molecule has 14 heavy (non-hydrogen) atoms. The second kappa shape index (κ2) is 6.41. The van der Waals surface area contributed by atoms with E-state index in [-0.39, 0.29) is 0 Å². The van der Waals surface area contributed by atoms with Gasteiger partial charge < -0.3 is 10.2 Å². The van der Waals surface area contributed by atoms with Crippen LogP contribution in [0.5, 0.6) is 0 Å². The van der Waals surface area contributed by atoms with Gasteiger partial charge in [0.2, 0.25) is 0 Å². The van der Waals surface area contributed by atoms with E-state index in [0.29, 0.717) is 0 Å². The van der Waals surface area contributed by atoms with Crippen LogP contribution in [0.3, 0.4) is 0 Å². The van der Waals surface area contributed by atoms with Crippen molar-refractivity contribution >= 4 is 0 Å². The lowest BCUT2D eigenvalue weighted by Gasteiger charge is -2.29. The number of likely N-dealkylation sites (N-methyl/N-ethyl adjacent to an activating group) is 2. The van der Waals surface area contributed by atoms with Gasteiger partial charge >= 0.3 is 0 Å². The van der Waals surface area contributed by atoms with Crippen LogP contribution in [0.25, 0.3) is 0 Å². The van der Waals surface area contributed by atoms with Crippen LogP contribution in [0.4, 0.5) is 0 Å². The van der Waals surface area contributed by atoms with E-state index in [4.69, 9.17) is 0 Å². The van der Waals surface area contributed by atoms with Crippen LogP contribution < -0.4 is 5.32 Å². The van der Waals surface area contributed by atoms with E-state index in [0.717, 1.165) is 12.1 Å². The zero-order valence-electron chi connectivity index (χ0n) is 10.1. The van der Waals surface area contributed by atoms with Crippen molar-refractivity contribution < 1.29 is 0 Å². The van der Waals surface area contributed by atoms with Crippen LogP contribution in [0, 0.1) is 0 Å². The average molecular weight is 198 g/mol. The van der Waals surface area contributed by atoms with Crippen molar-refractivity contribution in [2.45, 2.75) is 57.5 Å². The van der Waals surface area contributed by atoms with E-state index >= 15 is 0 Å². The molecule has 0 bridgehead atoms. The first-order chi connectivity index (χ1) is 6.79. The highest BCUT2D eigenvalue weighted by Crippen LogP contribution is 2.23. The normalized spacial score (nSPS) is 27.4. The summed E-state index contributed by atoms with van der Waals surface area (Å²) in [4.78, 5) is 2.56. The van der Waals surface area contributed by atoms with Gasteiger partial charge in [0.25, 0.3) is 0 Å². The lowest BCUT2D eigenvalue weighted by molar-refractivity contribution is 0.212. The molecule has 0 radical (unpaired) electrons. The summed E-state index contributed by atoms with van der Waals surface area (Å²) in [5, 5.41) is 3.44. The van der Waals surface area contributed by atoms with Gasteiger partial charge in [-0.15, -0.1) is 0 Å². The fraction of sp³-hybridized carbons (Fsp3) is 1.00. The standard InChI is InChI=1S/C12H26N2/c1-4-5-6-10-14(3)12-9-7-8-11(12)13-2/h11-13H,4-10H2,1-3H3. The molecular weight excluding hydrogens is 172 g/mol. The Balaban J connectivity index is 2.24. The van der Waals surface area contributed by atoms with Crippen LogP contribution in [-0.4, -0.2) is 37.6 Å². The van der Waals surface area contributed by atoms with Crippen LogP contribution >= 0.6 is 0 Å². The minimum Gasteiger partial charge on any atom is -0.315 e. The molecule has 2 nitrogen and oxygen atoms in total. The minimum atomic E-state index is 0.738. The fourth-order valence-corrected chi connectivity index (χ4v) is 2.58. The SMILES string of the molecule is CCCCCN(C)C1CCCC1NC. The predicted molar refractivity (Wildman–Crippen MR) is 62.6 cm³/mol. The third kappa shape index (κ3) is 3.25. The Bertz CT molecular complexity index is 147. The van der Waals surface area contributed by atoms with Crippen molar-refractivity contribution in [2.75, 3.05) is 20.6 Å². The molecule has 0 aromatic carbocycles. The van der Waals surface area contributed by atoms with Crippen molar-refractivity contribution in [3.8, 4) is 0 Å². The minimum absolute atomic E-state index is 0.738. The molecule has 0 amide bonds. The predicted octanol–water partition coefficient (Wildman–Crippen LogP) is 2.25. The number of nitrogens with one attached hydrogen (secondary N) is 1. The van der Waals surface area contributed by atoms with Gasteiger partial charge in [0.05, 0.1) is 0 Å². The third-order valence-corrected chi connectivity index (χ3v) is 3.53. The van der Waals surface area contributed by atoms with Gasteiger partial charge in [0, 0.05) is 12.1 Å². The topological polar surface area (TPSA) is 15.3 Å². The summed E-state index contributed by atoms with van der Waals surface area (Å²) >= 11 is 0. The fourth-order valence-electron chi connectivity index (χ4n) is 2.58. The average Bonchev–Trinajstić information content (AvgIpc) is 2.65. The molecule has 1 N–H and O–H groups in total. The highest BCUT2D eigenvalue weighted by molar-refractivity contribution is 4.88. The molecule has 1 aliphatic carbocycles. The molecule has 2 unspecified atom stereocenters. The van der Waals surface area contributed by atoms with Gasteiger partial charge in [-0.25, -0.2) is 0 Å². The Kier molecular flexibility index (Phi) is 5.49. The van der Waals surface area contributed by atoms with Crippen LogP contribution in [0.15, 0.2) is 0 Å². The first-order valence-electron chi connectivity index (χ1n) is 6.17. The smallest absolute Gasteiger partial charge is 0.0246 e. The molecular formula is C12H26N2. The molecule has 0 spiro atoms. The quantitative estimate of drug-likeness (QED) is 0.659. The second-order valence-corrected chi connectivity index (χ2v) is 4.58. The van der Waals surface area contributed by atoms with Crippen LogP contribution in [0.2, 0.25) is 0 Å². The van der Waals surface area contributed by atoms with E-state index in [9.17, 15) is 0 Å². The Labute approximate surface area is 89.1 Å². The molecule has 0 saturated heterocycles. The van der Waals surface area contributed by atoms with Crippen molar-refractivity contribution in [1.82, 2.24) is 10.2 Å². The Morgan fingerprint density at radius 2 is 2.07 bits per heavy atom. The summed E-state index contributed by atoms with van der Waals surface area (Å²) in [6.45, 7) is 3.54. The molecule has 2 heteroatoms.